The second kappa shape index (κ2) is 13.0. The molecule has 6 heteroatoms. The Labute approximate surface area is 175 Å². The van der Waals surface area contributed by atoms with Crippen molar-refractivity contribution < 1.29 is 29.6 Å². The van der Waals surface area contributed by atoms with E-state index in [0.29, 0.717) is 12.3 Å². The molecule has 1 aliphatic rings. The van der Waals surface area contributed by atoms with Crippen molar-refractivity contribution in [1.82, 2.24) is 0 Å². The van der Waals surface area contributed by atoms with Crippen molar-refractivity contribution in [2.45, 2.75) is 97.4 Å². The van der Waals surface area contributed by atoms with Crippen LogP contribution in [0.1, 0.15) is 79.1 Å². The highest BCUT2D eigenvalue weighted by molar-refractivity contribution is 5.80. The van der Waals surface area contributed by atoms with Crippen LogP contribution in [0.4, 0.5) is 0 Å². The Bertz CT molecular complexity index is 531. The Morgan fingerprint density at radius 2 is 1.83 bits per heavy atom. The van der Waals surface area contributed by atoms with Gasteiger partial charge in [0.1, 0.15) is 5.78 Å². The molecule has 1 aliphatic heterocycles. The highest BCUT2D eigenvalue weighted by Crippen LogP contribution is 2.30. The average molecular weight is 413 g/mol. The second-order valence-corrected chi connectivity index (χ2v) is 9.09. The quantitative estimate of drug-likeness (QED) is 0.385. The van der Waals surface area contributed by atoms with Crippen LogP contribution in [0.2, 0.25) is 0 Å². The molecule has 0 aliphatic carbocycles. The van der Waals surface area contributed by atoms with Gasteiger partial charge in [-0.1, -0.05) is 27.7 Å². The maximum Gasteiger partial charge on any atom is 0.305 e. The lowest BCUT2D eigenvalue weighted by atomic mass is 9.84. The minimum absolute atomic E-state index is 0.0307. The lowest BCUT2D eigenvalue weighted by molar-refractivity contribution is -0.145. The number of hydrogen-bond acceptors (Lipinski definition) is 5. The maximum absolute atomic E-state index is 12.6. The van der Waals surface area contributed by atoms with Crippen LogP contribution in [-0.4, -0.2) is 45.4 Å². The van der Waals surface area contributed by atoms with Gasteiger partial charge in [0.2, 0.25) is 0 Å². The minimum atomic E-state index is -0.824. The molecule has 0 aromatic carbocycles. The first-order chi connectivity index (χ1) is 13.6. The molecule has 1 heterocycles. The first-order valence-corrected chi connectivity index (χ1v) is 11.0. The van der Waals surface area contributed by atoms with Gasteiger partial charge in [-0.2, -0.15) is 0 Å². The third-order valence-electron chi connectivity index (χ3n) is 6.22. The summed E-state index contributed by atoms with van der Waals surface area (Å²) in [5, 5.41) is 27.6. The lowest BCUT2D eigenvalue weighted by Gasteiger charge is -2.34. The van der Waals surface area contributed by atoms with Gasteiger partial charge in [-0.3, -0.25) is 9.59 Å². The van der Waals surface area contributed by atoms with Crippen molar-refractivity contribution in [3.63, 3.8) is 0 Å². The summed E-state index contributed by atoms with van der Waals surface area (Å²) in [5.41, 5.74) is 0. The first-order valence-electron chi connectivity index (χ1n) is 11.0. The number of rotatable bonds is 13. The SMILES string of the molecule is CC(CCC(=O)C(C)C[C@H](C)C1CCCC(CC(=O)O)O1)CC(C)[C@H](O)/C=C\O. The molecular weight excluding hydrogens is 372 g/mol. The van der Waals surface area contributed by atoms with E-state index in [1.165, 1.54) is 6.08 Å². The molecule has 5 unspecified atom stereocenters. The maximum atomic E-state index is 12.6. The molecule has 0 aromatic heterocycles. The van der Waals surface area contributed by atoms with Crippen molar-refractivity contribution in [1.29, 1.82) is 0 Å². The fraction of sp³-hybridized carbons (Fsp3) is 0.826. The second-order valence-electron chi connectivity index (χ2n) is 9.09. The van der Waals surface area contributed by atoms with Gasteiger partial charge >= 0.3 is 5.97 Å². The number of ether oxygens (including phenoxy) is 1. The molecule has 0 spiro atoms. The number of Topliss-reactive ketones (excluding diaryl/α,β-unsaturated/α-hetero) is 1. The van der Waals surface area contributed by atoms with E-state index >= 15 is 0 Å². The van der Waals surface area contributed by atoms with E-state index in [1.807, 2.05) is 13.8 Å². The zero-order chi connectivity index (χ0) is 22.0. The van der Waals surface area contributed by atoms with Crippen LogP contribution in [0.3, 0.4) is 0 Å². The van der Waals surface area contributed by atoms with Crippen molar-refractivity contribution >= 4 is 11.8 Å². The number of aliphatic carboxylic acids is 1. The lowest BCUT2D eigenvalue weighted by Crippen LogP contribution is -2.34. The van der Waals surface area contributed by atoms with Gasteiger partial charge in [0.05, 0.1) is 31.0 Å². The molecule has 7 atom stereocenters. The number of aliphatic hydroxyl groups excluding tert-OH is 2. The molecule has 168 valence electrons. The van der Waals surface area contributed by atoms with E-state index < -0.39 is 12.1 Å². The van der Waals surface area contributed by atoms with Crippen LogP contribution < -0.4 is 0 Å². The normalized spacial score (nSPS) is 25.3. The number of carboxylic acids is 1. The van der Waals surface area contributed by atoms with Crippen LogP contribution in [0.15, 0.2) is 12.3 Å². The monoisotopic (exact) mass is 412 g/mol. The van der Waals surface area contributed by atoms with Crippen LogP contribution in [0.25, 0.3) is 0 Å². The summed E-state index contributed by atoms with van der Waals surface area (Å²) in [5.74, 6) is -0.0356. The van der Waals surface area contributed by atoms with Gasteiger partial charge < -0.3 is 20.1 Å². The summed E-state index contributed by atoms with van der Waals surface area (Å²) in [6, 6.07) is 0. The molecule has 0 saturated carbocycles. The molecular formula is C23H40O6. The molecule has 1 rings (SSSR count). The average Bonchev–Trinajstić information content (AvgIpc) is 2.65. The molecule has 1 fully saturated rings. The highest BCUT2D eigenvalue weighted by Gasteiger charge is 2.30. The van der Waals surface area contributed by atoms with E-state index in [1.54, 1.807) is 0 Å². The zero-order valence-corrected chi connectivity index (χ0v) is 18.4. The predicted octanol–water partition coefficient (Wildman–Crippen LogP) is 4.51. The van der Waals surface area contributed by atoms with Gasteiger partial charge in [-0.15, -0.1) is 0 Å². The number of carbonyl (C=O) groups excluding carboxylic acids is 1. The van der Waals surface area contributed by atoms with Crippen molar-refractivity contribution in [2.75, 3.05) is 0 Å². The Hall–Kier alpha value is -1.40. The number of carbonyl (C=O) groups is 2. The molecule has 3 N–H and O–H groups in total. The van der Waals surface area contributed by atoms with Gasteiger partial charge in [-0.05, 0) is 62.4 Å². The van der Waals surface area contributed by atoms with Crippen LogP contribution in [-0.2, 0) is 14.3 Å². The Morgan fingerprint density at radius 1 is 1.14 bits per heavy atom. The number of ketones is 1. The van der Waals surface area contributed by atoms with Gasteiger partial charge in [0.25, 0.3) is 0 Å². The number of hydrogen-bond donors (Lipinski definition) is 3. The molecule has 0 radical (unpaired) electrons. The molecule has 0 bridgehead atoms. The van der Waals surface area contributed by atoms with Crippen LogP contribution in [0.5, 0.6) is 0 Å². The minimum Gasteiger partial charge on any atom is -0.516 e. The van der Waals surface area contributed by atoms with Crippen molar-refractivity contribution in [2.24, 2.45) is 23.7 Å². The van der Waals surface area contributed by atoms with Crippen LogP contribution in [0, 0.1) is 23.7 Å². The third kappa shape index (κ3) is 9.77. The zero-order valence-electron chi connectivity index (χ0n) is 18.4. The fourth-order valence-electron chi connectivity index (χ4n) is 4.34. The fourth-order valence-corrected chi connectivity index (χ4v) is 4.34. The van der Waals surface area contributed by atoms with Crippen molar-refractivity contribution in [3.8, 4) is 0 Å². The molecule has 1 saturated heterocycles. The predicted molar refractivity (Wildman–Crippen MR) is 113 cm³/mol. The van der Waals surface area contributed by atoms with Crippen molar-refractivity contribution in [3.05, 3.63) is 12.3 Å². The topological polar surface area (TPSA) is 104 Å². The Morgan fingerprint density at radius 3 is 2.45 bits per heavy atom. The standard InChI is InChI=1S/C23H40O6/c1-15(12-16(2)21(26)10-11-24)8-9-20(25)17(3)13-18(4)22-7-5-6-19(29-22)14-23(27)28/h10-11,15-19,21-22,24,26H,5-9,12-14H2,1-4H3,(H,27,28)/b11-10-/t15?,16?,17?,18-,19?,21+,22?/m0/s1. The van der Waals surface area contributed by atoms with E-state index in [-0.39, 0.29) is 42.2 Å². The van der Waals surface area contributed by atoms with E-state index in [9.17, 15) is 14.7 Å². The summed E-state index contributed by atoms with van der Waals surface area (Å²) in [7, 11) is 0. The highest BCUT2D eigenvalue weighted by atomic mass is 16.5. The summed E-state index contributed by atoms with van der Waals surface area (Å²) >= 11 is 0. The number of aliphatic hydroxyl groups is 2. The number of carboxylic acid groups (broad SMARTS) is 1. The van der Waals surface area contributed by atoms with E-state index in [0.717, 1.165) is 44.8 Å². The Balaban J connectivity index is 2.38. The summed E-state index contributed by atoms with van der Waals surface area (Å²) < 4.78 is 5.98. The van der Waals surface area contributed by atoms with Crippen LogP contribution >= 0.6 is 0 Å². The summed E-state index contributed by atoms with van der Waals surface area (Å²) in [6.07, 6.45) is 7.02. The van der Waals surface area contributed by atoms with Gasteiger partial charge in [-0.25, -0.2) is 0 Å². The molecule has 0 aromatic rings. The molecule has 0 amide bonds. The largest absolute Gasteiger partial charge is 0.516 e. The third-order valence-corrected chi connectivity index (χ3v) is 6.22. The van der Waals surface area contributed by atoms with Gasteiger partial charge in [0.15, 0.2) is 0 Å². The summed E-state index contributed by atoms with van der Waals surface area (Å²) in [6.45, 7) is 8.09. The molecule has 6 nitrogen and oxygen atoms in total. The van der Waals surface area contributed by atoms with E-state index in [2.05, 4.69) is 13.8 Å². The Kier molecular flexibility index (Phi) is 11.5. The van der Waals surface area contributed by atoms with E-state index in [4.69, 9.17) is 14.9 Å². The smallest absolute Gasteiger partial charge is 0.305 e. The van der Waals surface area contributed by atoms with Gasteiger partial charge in [0, 0.05) is 12.3 Å². The molecule has 29 heavy (non-hydrogen) atoms. The first kappa shape index (κ1) is 25.6. The summed E-state index contributed by atoms with van der Waals surface area (Å²) in [4.78, 5) is 23.5.